The van der Waals surface area contributed by atoms with Crippen molar-refractivity contribution in [2.24, 2.45) is 0 Å². The average Bonchev–Trinajstić information content (AvgIpc) is 2.02. The van der Waals surface area contributed by atoms with Crippen molar-refractivity contribution in [3.8, 4) is 0 Å². The summed E-state index contributed by atoms with van der Waals surface area (Å²) in [7, 11) is -2.13. The van der Waals surface area contributed by atoms with Gasteiger partial charge in [-0.05, 0) is 13.2 Å². The first-order valence-corrected chi connectivity index (χ1v) is 6.60. The minimum absolute atomic E-state index is 0.0109. The van der Waals surface area contributed by atoms with Gasteiger partial charge in [-0.25, -0.2) is 4.72 Å². The molecule has 0 saturated carbocycles. The molecule has 1 atom stereocenters. The van der Waals surface area contributed by atoms with E-state index < -0.39 is 15.8 Å². The van der Waals surface area contributed by atoms with Crippen molar-refractivity contribution in [3.63, 3.8) is 0 Å². The summed E-state index contributed by atoms with van der Waals surface area (Å²) in [5, 5.41) is 9.60. The van der Waals surface area contributed by atoms with E-state index in [1.165, 1.54) is 18.8 Å². The van der Waals surface area contributed by atoms with Gasteiger partial charge in [0.25, 0.3) is 10.2 Å². The molecule has 0 aliphatic heterocycles. The first-order valence-electron chi connectivity index (χ1n) is 3.72. The molecule has 0 fully saturated rings. The Morgan fingerprint density at radius 1 is 1.54 bits per heavy atom. The van der Waals surface area contributed by atoms with Crippen molar-refractivity contribution in [1.29, 1.82) is 0 Å². The fourth-order valence-corrected chi connectivity index (χ4v) is 2.05. The van der Waals surface area contributed by atoms with E-state index in [1.807, 2.05) is 6.26 Å². The topological polar surface area (TPSA) is 78.4 Å². The van der Waals surface area contributed by atoms with Crippen LogP contribution in [0.15, 0.2) is 0 Å². The highest BCUT2D eigenvalue weighted by atomic mass is 32.2. The summed E-state index contributed by atoms with van der Waals surface area (Å²) >= 11 is 1.46. The van der Waals surface area contributed by atoms with Crippen LogP contribution in [0.5, 0.6) is 0 Å². The van der Waals surface area contributed by atoms with Crippen molar-refractivity contribution >= 4 is 22.0 Å². The molecule has 1 unspecified atom stereocenters. The molecular weight excluding hydrogens is 212 g/mol. The van der Waals surface area contributed by atoms with E-state index in [2.05, 4.69) is 9.44 Å². The number of thioether (sulfide) groups is 1. The Morgan fingerprint density at radius 3 is 2.46 bits per heavy atom. The lowest BCUT2D eigenvalue weighted by atomic mass is 10.1. The van der Waals surface area contributed by atoms with E-state index in [0.29, 0.717) is 5.75 Å². The molecule has 0 saturated heterocycles. The third-order valence-electron chi connectivity index (χ3n) is 1.37. The normalized spacial score (nSPS) is 16.9. The van der Waals surface area contributed by atoms with E-state index in [0.717, 1.165) is 0 Å². The smallest absolute Gasteiger partial charge is 0.276 e. The predicted octanol–water partition coefficient (Wildman–Crippen LogP) is -0.846. The second-order valence-electron chi connectivity index (χ2n) is 2.96. The van der Waals surface area contributed by atoms with Crippen LogP contribution in [0.25, 0.3) is 0 Å². The molecule has 0 radical (unpaired) electrons. The summed E-state index contributed by atoms with van der Waals surface area (Å²) in [5.74, 6) is 0.485. The molecule has 3 N–H and O–H groups in total. The second-order valence-corrected chi connectivity index (χ2v) is 5.53. The maximum absolute atomic E-state index is 10.9. The Balaban J connectivity index is 4.01. The molecule has 0 spiro atoms. The van der Waals surface area contributed by atoms with Gasteiger partial charge in [0.05, 0.1) is 5.60 Å². The number of rotatable bonds is 6. The van der Waals surface area contributed by atoms with Crippen LogP contribution < -0.4 is 9.44 Å². The SMILES string of the molecule is CNS(=O)(=O)NCC(C)(O)CSC. The second kappa shape index (κ2) is 5.16. The summed E-state index contributed by atoms with van der Waals surface area (Å²) in [5.41, 5.74) is -1.01. The first-order chi connectivity index (χ1) is 5.83. The zero-order valence-corrected chi connectivity index (χ0v) is 9.63. The Labute approximate surface area is 83.5 Å². The van der Waals surface area contributed by atoms with Crippen LogP contribution >= 0.6 is 11.8 Å². The van der Waals surface area contributed by atoms with Crippen molar-refractivity contribution in [2.45, 2.75) is 12.5 Å². The molecule has 0 bridgehead atoms. The molecule has 0 amide bonds. The maximum atomic E-state index is 10.9. The number of aliphatic hydroxyl groups is 1. The van der Waals surface area contributed by atoms with Gasteiger partial charge in [-0.1, -0.05) is 0 Å². The fourth-order valence-electron chi connectivity index (χ4n) is 0.685. The standard InChI is InChI=1S/C6H16N2O3S2/c1-6(9,5-12-3)4-8-13(10,11)7-2/h7-9H,4-5H2,1-3H3. The summed E-state index contributed by atoms with van der Waals surface area (Å²) in [4.78, 5) is 0. The summed E-state index contributed by atoms with van der Waals surface area (Å²) < 4.78 is 26.2. The van der Waals surface area contributed by atoms with Gasteiger partial charge in [0.1, 0.15) is 0 Å². The average molecular weight is 228 g/mol. The van der Waals surface area contributed by atoms with Crippen LogP contribution in [0, 0.1) is 0 Å². The van der Waals surface area contributed by atoms with Gasteiger partial charge in [0.2, 0.25) is 0 Å². The Hall–Kier alpha value is 0.180. The summed E-state index contributed by atoms with van der Waals surface area (Å²) in [6, 6.07) is 0. The molecule has 5 nitrogen and oxygen atoms in total. The van der Waals surface area contributed by atoms with Gasteiger partial charge in [-0.15, -0.1) is 0 Å². The molecule has 0 rings (SSSR count). The van der Waals surface area contributed by atoms with Gasteiger partial charge in [-0.3, -0.25) is 0 Å². The van der Waals surface area contributed by atoms with Gasteiger partial charge >= 0.3 is 0 Å². The molecule has 80 valence electrons. The lowest BCUT2D eigenvalue weighted by Gasteiger charge is -2.22. The van der Waals surface area contributed by atoms with Gasteiger partial charge in [0.15, 0.2) is 0 Å². The van der Waals surface area contributed by atoms with Gasteiger partial charge in [-0.2, -0.15) is 24.9 Å². The van der Waals surface area contributed by atoms with Gasteiger partial charge < -0.3 is 5.11 Å². The van der Waals surface area contributed by atoms with Gasteiger partial charge in [0, 0.05) is 19.3 Å². The lowest BCUT2D eigenvalue weighted by molar-refractivity contribution is 0.0908. The molecule has 0 aromatic carbocycles. The number of hydrogen-bond acceptors (Lipinski definition) is 4. The van der Waals surface area contributed by atoms with Crippen molar-refractivity contribution < 1.29 is 13.5 Å². The number of hydrogen-bond donors (Lipinski definition) is 3. The zero-order chi connectivity index (χ0) is 10.5. The largest absolute Gasteiger partial charge is 0.388 e. The minimum atomic E-state index is -3.44. The van der Waals surface area contributed by atoms with E-state index in [-0.39, 0.29) is 6.54 Å². The van der Waals surface area contributed by atoms with E-state index in [1.54, 1.807) is 6.92 Å². The quantitative estimate of drug-likeness (QED) is 0.553. The fraction of sp³-hybridized carbons (Fsp3) is 1.00. The number of nitrogens with one attached hydrogen (secondary N) is 2. The third kappa shape index (κ3) is 6.28. The van der Waals surface area contributed by atoms with E-state index in [9.17, 15) is 13.5 Å². The van der Waals surface area contributed by atoms with Crippen molar-refractivity contribution in [3.05, 3.63) is 0 Å². The van der Waals surface area contributed by atoms with Crippen molar-refractivity contribution in [2.75, 3.05) is 25.6 Å². The highest BCUT2D eigenvalue weighted by Crippen LogP contribution is 2.08. The molecule has 0 aromatic rings. The molecule has 7 heteroatoms. The van der Waals surface area contributed by atoms with E-state index >= 15 is 0 Å². The van der Waals surface area contributed by atoms with Crippen LogP contribution in [0.4, 0.5) is 0 Å². The molecular formula is C6H16N2O3S2. The Bertz CT molecular complexity index is 238. The zero-order valence-electron chi connectivity index (χ0n) is 7.99. The van der Waals surface area contributed by atoms with Crippen LogP contribution in [0.3, 0.4) is 0 Å². The lowest BCUT2D eigenvalue weighted by Crippen LogP contribution is -2.45. The highest BCUT2D eigenvalue weighted by molar-refractivity contribution is 7.98. The Morgan fingerprint density at radius 2 is 2.08 bits per heavy atom. The highest BCUT2D eigenvalue weighted by Gasteiger charge is 2.21. The van der Waals surface area contributed by atoms with Crippen LogP contribution in [0.2, 0.25) is 0 Å². The van der Waals surface area contributed by atoms with E-state index in [4.69, 9.17) is 0 Å². The molecule has 13 heavy (non-hydrogen) atoms. The minimum Gasteiger partial charge on any atom is -0.388 e. The monoisotopic (exact) mass is 228 g/mol. The van der Waals surface area contributed by atoms with Crippen LogP contribution in [-0.2, 0) is 10.2 Å². The predicted molar refractivity (Wildman–Crippen MR) is 55.0 cm³/mol. The Kier molecular flexibility index (Phi) is 5.23. The first kappa shape index (κ1) is 13.2. The molecule has 0 aliphatic rings. The summed E-state index contributed by atoms with van der Waals surface area (Å²) in [6.45, 7) is 1.60. The maximum Gasteiger partial charge on any atom is 0.276 e. The summed E-state index contributed by atoms with van der Waals surface area (Å²) in [6.07, 6.45) is 1.85. The van der Waals surface area contributed by atoms with Crippen molar-refractivity contribution in [1.82, 2.24) is 9.44 Å². The van der Waals surface area contributed by atoms with Crippen LogP contribution in [-0.4, -0.2) is 44.7 Å². The molecule has 0 heterocycles. The molecule has 0 aliphatic carbocycles. The van der Waals surface area contributed by atoms with Crippen LogP contribution in [0.1, 0.15) is 6.92 Å². The molecule has 0 aromatic heterocycles. The third-order valence-corrected chi connectivity index (χ3v) is 3.34.